The second-order valence-electron chi connectivity index (χ2n) is 4.58. The van der Waals surface area contributed by atoms with E-state index in [-0.39, 0.29) is 0 Å². The smallest absolute Gasteiger partial charge is 0.187 e. The number of unbranched alkanes of at least 4 members (excludes halogenated alkanes) is 2. The van der Waals surface area contributed by atoms with Crippen LogP contribution in [0.3, 0.4) is 0 Å². The van der Waals surface area contributed by atoms with Gasteiger partial charge in [0.05, 0.1) is 0 Å². The largest absolute Gasteiger partial charge is 0.204 e. The molecule has 0 spiro atoms. The van der Waals surface area contributed by atoms with Crippen molar-refractivity contribution in [1.29, 1.82) is 0 Å². The van der Waals surface area contributed by atoms with Crippen molar-refractivity contribution in [2.24, 2.45) is 0 Å². The molecule has 2 heterocycles. The standard InChI is InChI=1S/C15H18Cl2N2/c16-14-6-4-10-18(12-14)8-2-1-3-9-19-11-5-7-15(17)13-19/h4-7,10-13H,1-3,8-9H2/q+2. The van der Waals surface area contributed by atoms with Gasteiger partial charge in [0.2, 0.25) is 0 Å². The highest BCUT2D eigenvalue weighted by molar-refractivity contribution is 6.30. The van der Waals surface area contributed by atoms with Crippen molar-refractivity contribution in [2.45, 2.75) is 32.4 Å². The number of rotatable bonds is 6. The van der Waals surface area contributed by atoms with Gasteiger partial charge < -0.3 is 0 Å². The molecular formula is C15H18Cl2N2+2. The Hall–Kier alpha value is -1.12. The number of halogens is 2. The summed E-state index contributed by atoms with van der Waals surface area (Å²) in [4.78, 5) is 0. The minimum atomic E-state index is 0.789. The summed E-state index contributed by atoms with van der Waals surface area (Å²) in [5.74, 6) is 0. The topological polar surface area (TPSA) is 7.76 Å². The minimum absolute atomic E-state index is 0.789. The summed E-state index contributed by atoms with van der Waals surface area (Å²) in [5, 5.41) is 1.58. The molecule has 2 rings (SSSR count). The van der Waals surface area contributed by atoms with E-state index in [4.69, 9.17) is 23.2 Å². The van der Waals surface area contributed by atoms with E-state index in [2.05, 4.69) is 21.5 Å². The van der Waals surface area contributed by atoms with Crippen molar-refractivity contribution < 1.29 is 9.13 Å². The van der Waals surface area contributed by atoms with Gasteiger partial charge in [-0.3, -0.25) is 0 Å². The molecule has 0 saturated heterocycles. The van der Waals surface area contributed by atoms with Crippen LogP contribution < -0.4 is 9.13 Å². The molecule has 0 atom stereocenters. The van der Waals surface area contributed by atoms with Gasteiger partial charge in [-0.05, 0) is 18.6 Å². The lowest BCUT2D eigenvalue weighted by atomic mass is 10.2. The summed E-state index contributed by atoms with van der Waals surface area (Å²) in [6.07, 6.45) is 11.5. The monoisotopic (exact) mass is 296 g/mol. The van der Waals surface area contributed by atoms with Crippen LogP contribution in [0.1, 0.15) is 19.3 Å². The van der Waals surface area contributed by atoms with E-state index < -0.39 is 0 Å². The van der Waals surface area contributed by atoms with Crippen molar-refractivity contribution in [2.75, 3.05) is 0 Å². The van der Waals surface area contributed by atoms with Crippen molar-refractivity contribution in [3.05, 3.63) is 59.1 Å². The van der Waals surface area contributed by atoms with E-state index >= 15 is 0 Å². The third-order valence-electron chi connectivity index (χ3n) is 2.98. The van der Waals surface area contributed by atoms with Gasteiger partial charge in [0.1, 0.15) is 23.1 Å². The fourth-order valence-electron chi connectivity index (χ4n) is 2.02. The summed E-state index contributed by atoms with van der Waals surface area (Å²) in [6, 6.07) is 7.75. The lowest BCUT2D eigenvalue weighted by Gasteiger charge is -1.98. The quantitative estimate of drug-likeness (QED) is 0.570. The molecule has 0 radical (unpaired) electrons. The Morgan fingerprint density at radius 2 is 1.21 bits per heavy atom. The molecule has 0 aliphatic rings. The predicted molar refractivity (Wildman–Crippen MR) is 77.1 cm³/mol. The Labute approximate surface area is 124 Å². The molecule has 0 N–H and O–H groups in total. The van der Waals surface area contributed by atoms with Crippen LogP contribution in [0.4, 0.5) is 0 Å². The zero-order valence-electron chi connectivity index (χ0n) is 10.8. The molecule has 0 amide bonds. The predicted octanol–water partition coefficient (Wildman–Crippen LogP) is 3.44. The highest BCUT2D eigenvalue weighted by Crippen LogP contribution is 2.04. The van der Waals surface area contributed by atoms with Crippen LogP contribution in [-0.4, -0.2) is 0 Å². The molecule has 2 nitrogen and oxygen atoms in total. The fourth-order valence-corrected chi connectivity index (χ4v) is 2.42. The molecule has 0 aromatic carbocycles. The zero-order valence-corrected chi connectivity index (χ0v) is 12.3. The molecule has 0 saturated carbocycles. The number of pyridine rings is 2. The van der Waals surface area contributed by atoms with Gasteiger partial charge in [-0.25, -0.2) is 9.13 Å². The third-order valence-corrected chi connectivity index (χ3v) is 3.42. The van der Waals surface area contributed by atoms with Crippen molar-refractivity contribution in [1.82, 2.24) is 0 Å². The van der Waals surface area contributed by atoms with Gasteiger partial charge in [0, 0.05) is 25.0 Å². The zero-order chi connectivity index (χ0) is 13.5. The van der Waals surface area contributed by atoms with Crippen molar-refractivity contribution in [3.8, 4) is 0 Å². The van der Waals surface area contributed by atoms with Gasteiger partial charge in [0.25, 0.3) is 0 Å². The van der Waals surface area contributed by atoms with Crippen LogP contribution in [-0.2, 0) is 13.1 Å². The average molecular weight is 297 g/mol. The summed E-state index contributed by atoms with van der Waals surface area (Å²) >= 11 is 11.9. The maximum Gasteiger partial charge on any atom is 0.187 e. The van der Waals surface area contributed by atoms with Crippen LogP contribution >= 0.6 is 23.2 Å². The average Bonchev–Trinajstić information content (AvgIpc) is 2.38. The number of hydrogen-bond donors (Lipinski definition) is 0. The third kappa shape index (κ3) is 5.17. The van der Waals surface area contributed by atoms with Gasteiger partial charge in [0.15, 0.2) is 24.8 Å². The van der Waals surface area contributed by atoms with E-state index in [1.807, 2.05) is 36.7 Å². The van der Waals surface area contributed by atoms with E-state index in [9.17, 15) is 0 Å². The van der Waals surface area contributed by atoms with Gasteiger partial charge in [-0.15, -0.1) is 0 Å². The summed E-state index contributed by atoms with van der Waals surface area (Å²) in [6.45, 7) is 2.03. The van der Waals surface area contributed by atoms with Gasteiger partial charge in [-0.1, -0.05) is 23.2 Å². The molecule has 0 fully saturated rings. The van der Waals surface area contributed by atoms with Crippen LogP contribution in [0.5, 0.6) is 0 Å². The number of aromatic nitrogens is 2. The molecule has 0 unspecified atom stereocenters. The maximum absolute atomic E-state index is 5.94. The van der Waals surface area contributed by atoms with Gasteiger partial charge in [-0.2, -0.15) is 0 Å². The maximum atomic E-state index is 5.94. The molecule has 19 heavy (non-hydrogen) atoms. The Balaban J connectivity index is 1.67. The highest BCUT2D eigenvalue weighted by atomic mass is 35.5. The van der Waals surface area contributed by atoms with E-state index in [1.54, 1.807) is 0 Å². The molecule has 0 aliphatic heterocycles. The van der Waals surface area contributed by atoms with E-state index in [1.165, 1.54) is 6.42 Å². The van der Waals surface area contributed by atoms with Crippen LogP contribution in [0.2, 0.25) is 10.0 Å². The van der Waals surface area contributed by atoms with Crippen LogP contribution in [0.25, 0.3) is 0 Å². The van der Waals surface area contributed by atoms with E-state index in [0.29, 0.717) is 0 Å². The lowest BCUT2D eigenvalue weighted by Crippen LogP contribution is -2.34. The lowest BCUT2D eigenvalue weighted by molar-refractivity contribution is -0.701. The molecular weight excluding hydrogens is 279 g/mol. The Morgan fingerprint density at radius 3 is 1.63 bits per heavy atom. The molecule has 100 valence electrons. The van der Waals surface area contributed by atoms with Crippen LogP contribution in [0, 0.1) is 0 Å². The summed E-state index contributed by atoms with van der Waals surface area (Å²) in [7, 11) is 0. The number of nitrogens with zero attached hydrogens (tertiary/aromatic N) is 2. The van der Waals surface area contributed by atoms with Gasteiger partial charge >= 0.3 is 0 Å². The Bertz CT molecular complexity index is 482. The Kier molecular flexibility index (Phi) is 5.62. The SMILES string of the molecule is Clc1ccc[n+](CCCCC[n+]2cccc(Cl)c2)c1. The number of aryl methyl sites for hydroxylation is 2. The number of hydrogen-bond acceptors (Lipinski definition) is 0. The summed E-state index contributed by atoms with van der Waals surface area (Å²) < 4.78 is 4.27. The first-order chi connectivity index (χ1) is 9.24. The van der Waals surface area contributed by atoms with Crippen molar-refractivity contribution in [3.63, 3.8) is 0 Å². The molecule has 4 heteroatoms. The minimum Gasteiger partial charge on any atom is -0.204 e. The Morgan fingerprint density at radius 1 is 0.737 bits per heavy atom. The normalized spacial score (nSPS) is 10.6. The first-order valence-corrected chi connectivity index (χ1v) is 7.29. The summed E-state index contributed by atoms with van der Waals surface area (Å²) in [5.41, 5.74) is 0. The molecule has 2 aromatic rings. The van der Waals surface area contributed by atoms with E-state index in [0.717, 1.165) is 36.0 Å². The first kappa shape index (κ1) is 14.3. The fraction of sp³-hybridized carbons (Fsp3) is 0.333. The first-order valence-electron chi connectivity index (χ1n) is 6.53. The van der Waals surface area contributed by atoms with Crippen LogP contribution in [0.15, 0.2) is 49.1 Å². The molecule has 0 aliphatic carbocycles. The molecule has 0 bridgehead atoms. The second-order valence-corrected chi connectivity index (χ2v) is 5.45. The second kappa shape index (κ2) is 7.46. The van der Waals surface area contributed by atoms with Crippen molar-refractivity contribution >= 4 is 23.2 Å². The highest BCUT2D eigenvalue weighted by Gasteiger charge is 2.03. The molecule has 2 aromatic heterocycles.